The standard InChI is InChI=1S/Al.B.La.O. The van der Waals surface area contributed by atoms with Gasteiger partial charge in [0.2, 0.25) is 0 Å². The molecule has 5 radical (unpaired) electrons. The summed E-state index contributed by atoms with van der Waals surface area (Å²) in [4.78, 5) is 0. The molecule has 0 aromatic carbocycles. The molecule has 15 valence electrons. The third-order valence-corrected chi connectivity index (χ3v) is 0. The van der Waals surface area contributed by atoms with E-state index in [0.717, 1.165) is 0 Å². The first-order valence-corrected chi connectivity index (χ1v) is 0.707. The molecule has 4 heavy (non-hydrogen) atoms. The van der Waals surface area contributed by atoms with Crippen molar-refractivity contribution in [2.75, 3.05) is 0 Å². The Morgan fingerprint density at radius 1 is 1.25 bits per heavy atom. The molecule has 0 rings (SSSR count). The van der Waals surface area contributed by atoms with Crippen LogP contribution in [-0.4, -0.2) is 24.6 Å². The predicted octanol–water partition coefficient (Wildman–Crippen LogP) is -0.880. The second-order valence-electron chi connectivity index (χ2n) is 0. The Balaban J connectivity index is -0.00000000500. The van der Waals surface area contributed by atoms with Crippen LogP contribution in [0.2, 0.25) is 0 Å². The molecule has 0 amide bonds. The Bertz CT molecular complexity index is 8.00. The quantitative estimate of drug-likeness (QED) is 0.456. The van der Waals surface area contributed by atoms with E-state index in [-0.39, 0.29) is 44.0 Å². The van der Waals surface area contributed by atoms with E-state index in [4.69, 9.17) is 3.80 Å². The van der Waals surface area contributed by atoms with Crippen LogP contribution in [0.3, 0.4) is 0 Å². The van der Waals surface area contributed by atoms with Crippen molar-refractivity contribution in [3.05, 3.63) is 0 Å². The first-order valence-electron chi connectivity index (χ1n) is 0.236. The molecule has 0 aliphatic heterocycles. The van der Waals surface area contributed by atoms with Gasteiger partial charge in [0.1, 0.15) is 0 Å². The molecular formula is AlBLaO. The van der Waals surface area contributed by atoms with Crippen LogP contribution < -0.4 is 0 Å². The van der Waals surface area contributed by atoms with Gasteiger partial charge in [-0.25, -0.2) is 0 Å². The molecule has 0 unspecified atom stereocenters. The van der Waals surface area contributed by atoms with Crippen molar-refractivity contribution in [1.29, 1.82) is 0 Å². The molecule has 0 fully saturated rings. The zero-order valence-corrected chi connectivity index (χ0v) is 6.92. The zero-order valence-electron chi connectivity index (χ0n) is 2.14. The molecule has 1 nitrogen and oxygen atoms in total. The van der Waals surface area contributed by atoms with Crippen molar-refractivity contribution in [3.63, 3.8) is 0 Å². The molecule has 0 aromatic heterocycles. The molecule has 4 heteroatoms. The van der Waals surface area contributed by atoms with Crippen molar-refractivity contribution in [2.45, 2.75) is 0 Å². The van der Waals surface area contributed by atoms with Crippen LogP contribution >= 0.6 is 0 Å². The van der Waals surface area contributed by atoms with Gasteiger partial charge in [0, 0.05) is 44.0 Å². The van der Waals surface area contributed by atoms with Crippen LogP contribution in [0.1, 0.15) is 0 Å². The van der Waals surface area contributed by atoms with E-state index in [1.54, 1.807) is 0 Å². The fraction of sp³-hybridized carbons (Fsp3) is 0. The van der Waals surface area contributed by atoms with Crippen molar-refractivity contribution in [1.82, 2.24) is 0 Å². The van der Waals surface area contributed by atoms with Gasteiger partial charge in [0.05, 0.1) is 0 Å². The SMILES string of the molecule is [B].[La].[O]=[Al]. The number of hydrogen-bond acceptors (Lipinski definition) is 1. The van der Waals surface area contributed by atoms with Gasteiger partial charge in [-0.1, -0.05) is 0 Å². The van der Waals surface area contributed by atoms with Crippen LogP contribution in [0.15, 0.2) is 0 Å². The Morgan fingerprint density at radius 2 is 1.25 bits per heavy atom. The average Bonchev–Trinajstić information content (AvgIpc) is 1.00. The monoisotopic (exact) mass is 193 g/mol. The summed E-state index contributed by atoms with van der Waals surface area (Å²) in [5.41, 5.74) is 0. The summed E-state index contributed by atoms with van der Waals surface area (Å²) in [7, 11) is 0. The predicted molar refractivity (Wildman–Crippen MR) is 12.2 cm³/mol. The fourth-order valence-electron chi connectivity index (χ4n) is 0. The zero-order chi connectivity index (χ0) is 2.00. The summed E-state index contributed by atoms with van der Waals surface area (Å²) < 4.78 is 8.17. The van der Waals surface area contributed by atoms with Gasteiger partial charge < -0.3 is 0 Å². The molecule has 0 saturated heterocycles. The van der Waals surface area contributed by atoms with Gasteiger partial charge in [0.25, 0.3) is 0 Å². The van der Waals surface area contributed by atoms with Gasteiger partial charge in [-0.05, 0) is 0 Å². The van der Waals surface area contributed by atoms with Crippen molar-refractivity contribution in [2.24, 2.45) is 0 Å². The summed E-state index contributed by atoms with van der Waals surface area (Å²) in [6, 6.07) is 0. The minimum atomic E-state index is 0. The number of hydrogen-bond donors (Lipinski definition) is 0. The van der Waals surface area contributed by atoms with E-state index in [2.05, 4.69) is 0 Å². The van der Waals surface area contributed by atoms with Gasteiger partial charge in [-0.3, -0.25) is 0 Å². The summed E-state index contributed by atoms with van der Waals surface area (Å²) in [5.74, 6) is 0. The van der Waals surface area contributed by atoms with E-state index >= 15 is 0 Å². The summed E-state index contributed by atoms with van der Waals surface area (Å²) >= 11 is 1.17. The van der Waals surface area contributed by atoms with Gasteiger partial charge >= 0.3 is 20.0 Å². The molecule has 0 N–H and O–H groups in total. The summed E-state index contributed by atoms with van der Waals surface area (Å²) in [6.07, 6.45) is 0. The number of rotatable bonds is 0. The normalized spacial score (nSPS) is 0.750. The van der Waals surface area contributed by atoms with Crippen LogP contribution in [0.25, 0.3) is 0 Å². The Kier molecular flexibility index (Phi) is 103. The molecular weight excluding hydrogens is 193 g/mol. The van der Waals surface area contributed by atoms with Crippen LogP contribution in [-0.2, 0) is 3.80 Å². The van der Waals surface area contributed by atoms with Gasteiger partial charge in [-0.2, -0.15) is 0 Å². The maximum absolute atomic E-state index is 8.17. The molecule has 0 saturated carbocycles. The molecule has 0 spiro atoms. The topological polar surface area (TPSA) is 17.1 Å². The molecule has 0 aromatic rings. The second-order valence-corrected chi connectivity index (χ2v) is 0. The first kappa shape index (κ1) is 17.6. The van der Waals surface area contributed by atoms with Crippen molar-refractivity contribution < 1.29 is 39.4 Å². The molecule has 0 aliphatic carbocycles. The van der Waals surface area contributed by atoms with Crippen LogP contribution in [0, 0.1) is 35.6 Å². The van der Waals surface area contributed by atoms with Crippen molar-refractivity contribution in [3.8, 4) is 0 Å². The van der Waals surface area contributed by atoms with E-state index < -0.39 is 0 Å². The van der Waals surface area contributed by atoms with E-state index in [0.29, 0.717) is 0 Å². The van der Waals surface area contributed by atoms with Crippen LogP contribution in [0.5, 0.6) is 0 Å². The Morgan fingerprint density at radius 3 is 1.25 bits per heavy atom. The van der Waals surface area contributed by atoms with Gasteiger partial charge in [0.15, 0.2) is 0 Å². The third kappa shape index (κ3) is 9.52. The van der Waals surface area contributed by atoms with E-state index in [1.165, 1.54) is 16.2 Å². The molecule has 0 heterocycles. The van der Waals surface area contributed by atoms with Crippen molar-refractivity contribution >= 4 is 24.6 Å². The third-order valence-electron chi connectivity index (χ3n) is 0. The van der Waals surface area contributed by atoms with E-state index in [9.17, 15) is 0 Å². The molecule has 0 aliphatic rings. The first-order chi connectivity index (χ1) is 1.00. The Labute approximate surface area is 63.3 Å². The van der Waals surface area contributed by atoms with Gasteiger partial charge in [-0.15, -0.1) is 0 Å². The molecule has 0 atom stereocenters. The molecule has 0 bridgehead atoms. The maximum atomic E-state index is 8.17. The van der Waals surface area contributed by atoms with E-state index in [1.807, 2.05) is 0 Å². The fourth-order valence-corrected chi connectivity index (χ4v) is 0. The second kappa shape index (κ2) is 23.4. The Hall–Kier alpha value is 1.59. The summed E-state index contributed by atoms with van der Waals surface area (Å²) in [5, 5.41) is 0. The summed E-state index contributed by atoms with van der Waals surface area (Å²) in [6.45, 7) is 0. The average molecular weight is 193 g/mol. The van der Waals surface area contributed by atoms with Crippen LogP contribution in [0.4, 0.5) is 0 Å². The minimum absolute atomic E-state index is 0.